The summed E-state index contributed by atoms with van der Waals surface area (Å²) in [5, 5.41) is 35.8. The minimum absolute atomic E-state index is 0.0150. The Labute approximate surface area is 201 Å². The van der Waals surface area contributed by atoms with Crippen LogP contribution < -0.4 is 0 Å². The van der Waals surface area contributed by atoms with Gasteiger partial charge in [-0.05, 0) is 26.4 Å². The van der Waals surface area contributed by atoms with Gasteiger partial charge in [0.15, 0.2) is 17.8 Å². The van der Waals surface area contributed by atoms with Crippen LogP contribution in [-0.2, 0) is 38.1 Å². The van der Waals surface area contributed by atoms with Crippen LogP contribution in [-0.4, -0.2) is 107 Å². The van der Waals surface area contributed by atoms with Gasteiger partial charge in [-0.15, -0.1) is 0 Å². The Morgan fingerprint density at radius 2 is 1.69 bits per heavy atom. The largest absolute Gasteiger partial charge is 0.456 e. The molecule has 12 atom stereocenters. The fourth-order valence-corrected chi connectivity index (χ4v) is 8.67. The van der Waals surface area contributed by atoms with Crippen molar-refractivity contribution in [3.05, 3.63) is 0 Å². The Morgan fingerprint density at radius 3 is 2.29 bits per heavy atom. The van der Waals surface area contributed by atoms with E-state index in [-0.39, 0.29) is 6.73 Å². The number of rotatable bonds is 3. The average molecular weight is 497 g/mol. The summed E-state index contributed by atoms with van der Waals surface area (Å²) in [4.78, 5) is 41.2. The van der Waals surface area contributed by atoms with E-state index >= 15 is 0 Å². The molecule has 0 aromatic heterocycles. The first-order valence-electron chi connectivity index (χ1n) is 11.8. The normalized spacial score (nSPS) is 55.5. The molecule has 3 N–H and O–H groups in total. The average Bonchev–Trinajstić information content (AvgIpc) is 3.43. The molecule has 4 heterocycles. The van der Waals surface area contributed by atoms with Crippen molar-refractivity contribution in [3.63, 3.8) is 0 Å². The molecule has 0 aromatic carbocycles. The minimum atomic E-state index is -2.34. The summed E-state index contributed by atoms with van der Waals surface area (Å²) in [6, 6.07) is 0. The minimum Gasteiger partial charge on any atom is -0.456 e. The summed E-state index contributed by atoms with van der Waals surface area (Å²) in [6.07, 6.45) is -8.85. The molecule has 2 aliphatic carbocycles. The van der Waals surface area contributed by atoms with Crippen LogP contribution in [0.3, 0.4) is 0 Å². The van der Waals surface area contributed by atoms with Crippen molar-refractivity contribution in [2.75, 3.05) is 20.8 Å². The molecule has 0 aromatic rings. The third kappa shape index (κ3) is 1.99. The highest BCUT2D eigenvalue weighted by molar-refractivity contribution is 5.94. The molecule has 0 amide bonds. The van der Waals surface area contributed by atoms with Crippen molar-refractivity contribution in [2.24, 2.45) is 28.1 Å². The van der Waals surface area contributed by atoms with E-state index in [1.54, 1.807) is 19.0 Å². The standard InChI is InChI=1S/C23H31NO11/c1-8-15(27)32-13-11(26)21-12-9(25)10(19(2,3)4)20(21)14(31-7-24(5)6)16(28)34-18(20)35-23(21,17(29)33-12)22(8,13)30/h8-14,18,25-26,30H,7H2,1-6H3/t8-,9-,10?,11-,12-,13+,14+,18+,20?,21?,22-,23-/m1/s1. The summed E-state index contributed by atoms with van der Waals surface area (Å²) in [5.41, 5.74) is -8.97. The predicted octanol–water partition coefficient (Wildman–Crippen LogP) is -1.86. The van der Waals surface area contributed by atoms with Crippen LogP contribution in [0.15, 0.2) is 0 Å². The molecule has 3 unspecified atom stereocenters. The second-order valence-corrected chi connectivity index (χ2v) is 12.1. The lowest BCUT2D eigenvalue weighted by atomic mass is 9.51. The predicted molar refractivity (Wildman–Crippen MR) is 111 cm³/mol. The molecule has 4 aliphatic heterocycles. The maximum atomic E-state index is 13.7. The van der Waals surface area contributed by atoms with Gasteiger partial charge >= 0.3 is 17.9 Å². The van der Waals surface area contributed by atoms with Crippen molar-refractivity contribution in [1.82, 2.24) is 4.90 Å². The highest BCUT2D eigenvalue weighted by Crippen LogP contribution is 2.84. The zero-order valence-corrected chi connectivity index (χ0v) is 20.4. The van der Waals surface area contributed by atoms with Crippen LogP contribution in [0.5, 0.6) is 0 Å². The second kappa shape index (κ2) is 6.35. The number of aliphatic hydroxyl groups excluding tert-OH is 2. The van der Waals surface area contributed by atoms with Crippen molar-refractivity contribution in [3.8, 4) is 0 Å². The Kier molecular flexibility index (Phi) is 4.27. The SMILES string of the molecule is C[C@@H]1C(=O)O[C@H]2[C@@H](O)C34[C@@H]5OC(=O)[C@]3(O[C@@H]3OC(=O)[C@H](OCN(C)C)C34C(C(C)(C)C)[C@H]5O)[C@@]12O. The summed E-state index contributed by atoms with van der Waals surface area (Å²) < 4.78 is 29.1. The number of fused-ring (bicyclic) bond motifs is 1. The van der Waals surface area contributed by atoms with Gasteiger partial charge < -0.3 is 39.0 Å². The number of ether oxygens (including phenoxy) is 5. The van der Waals surface area contributed by atoms with Crippen molar-refractivity contribution >= 4 is 17.9 Å². The van der Waals surface area contributed by atoms with E-state index in [2.05, 4.69) is 0 Å². The fourth-order valence-electron chi connectivity index (χ4n) is 8.67. The maximum absolute atomic E-state index is 13.7. The van der Waals surface area contributed by atoms with Crippen LogP contribution in [0.2, 0.25) is 0 Å². The first-order chi connectivity index (χ1) is 16.2. The highest BCUT2D eigenvalue weighted by atomic mass is 16.8. The lowest BCUT2D eigenvalue weighted by Crippen LogP contribution is -2.67. The smallest absolute Gasteiger partial charge is 0.343 e. The van der Waals surface area contributed by atoms with E-state index in [1.165, 1.54) is 6.92 Å². The van der Waals surface area contributed by atoms with Gasteiger partial charge in [0.2, 0.25) is 11.9 Å². The molecule has 4 saturated heterocycles. The number of hydrogen-bond donors (Lipinski definition) is 3. The third-order valence-corrected chi connectivity index (χ3v) is 9.42. The van der Waals surface area contributed by atoms with Gasteiger partial charge in [-0.3, -0.25) is 9.69 Å². The molecule has 12 nitrogen and oxygen atoms in total. The molecule has 0 radical (unpaired) electrons. The molecule has 6 aliphatic rings. The van der Waals surface area contributed by atoms with E-state index in [9.17, 15) is 29.7 Å². The maximum Gasteiger partial charge on any atom is 0.343 e. The molecule has 194 valence electrons. The number of carbonyl (C=O) groups is 3. The summed E-state index contributed by atoms with van der Waals surface area (Å²) in [7, 11) is 3.47. The topological polar surface area (TPSA) is 161 Å². The fraction of sp³-hybridized carbons (Fsp3) is 0.870. The Bertz CT molecular complexity index is 1040. The van der Waals surface area contributed by atoms with Crippen LogP contribution in [0.4, 0.5) is 0 Å². The second-order valence-electron chi connectivity index (χ2n) is 12.1. The van der Waals surface area contributed by atoms with Gasteiger partial charge in [-0.25, -0.2) is 9.59 Å². The Morgan fingerprint density at radius 1 is 1.03 bits per heavy atom. The van der Waals surface area contributed by atoms with Crippen LogP contribution in [0.1, 0.15) is 27.7 Å². The molecule has 12 heteroatoms. The van der Waals surface area contributed by atoms with Crippen LogP contribution >= 0.6 is 0 Å². The lowest BCUT2D eigenvalue weighted by Gasteiger charge is -2.48. The van der Waals surface area contributed by atoms with Gasteiger partial charge in [-0.1, -0.05) is 20.8 Å². The van der Waals surface area contributed by atoms with Crippen molar-refractivity contribution < 1.29 is 53.4 Å². The highest BCUT2D eigenvalue weighted by Gasteiger charge is 3.05. The zero-order chi connectivity index (χ0) is 25.7. The van der Waals surface area contributed by atoms with E-state index in [0.29, 0.717) is 0 Å². The number of aliphatic hydroxyl groups is 3. The zero-order valence-electron chi connectivity index (χ0n) is 20.4. The Hall–Kier alpha value is -1.83. The Balaban J connectivity index is 1.69. The van der Waals surface area contributed by atoms with E-state index < -0.39 is 94.0 Å². The summed E-state index contributed by atoms with van der Waals surface area (Å²) in [6.45, 7) is 6.90. The molecule has 6 rings (SSSR count). The molecule has 2 spiro atoms. The molecular formula is C23H31NO11. The van der Waals surface area contributed by atoms with E-state index in [0.717, 1.165) is 0 Å². The summed E-state index contributed by atoms with van der Waals surface area (Å²) >= 11 is 0. The first-order valence-corrected chi connectivity index (χ1v) is 11.8. The number of nitrogens with zero attached hydrogens (tertiary/aromatic N) is 1. The molecule has 2 saturated carbocycles. The number of carbonyl (C=O) groups excluding carboxylic acids is 3. The van der Waals surface area contributed by atoms with Crippen LogP contribution in [0.25, 0.3) is 0 Å². The third-order valence-electron chi connectivity index (χ3n) is 9.42. The quantitative estimate of drug-likeness (QED) is 0.227. The van der Waals surface area contributed by atoms with Gasteiger partial charge in [-0.2, -0.15) is 0 Å². The molecule has 0 bridgehead atoms. The molecule has 6 fully saturated rings. The lowest BCUT2D eigenvalue weighted by molar-refractivity contribution is -0.240. The van der Waals surface area contributed by atoms with Gasteiger partial charge in [0.25, 0.3) is 0 Å². The number of hydrogen-bond acceptors (Lipinski definition) is 12. The van der Waals surface area contributed by atoms with Gasteiger partial charge in [0.05, 0.1) is 29.6 Å². The monoisotopic (exact) mass is 497 g/mol. The first kappa shape index (κ1) is 23.6. The number of esters is 3. The molecular weight excluding hydrogens is 466 g/mol. The van der Waals surface area contributed by atoms with E-state index in [4.69, 9.17) is 23.7 Å². The van der Waals surface area contributed by atoms with Gasteiger partial charge in [0.1, 0.15) is 12.2 Å². The van der Waals surface area contributed by atoms with Crippen molar-refractivity contribution in [1.29, 1.82) is 0 Å². The molecule has 35 heavy (non-hydrogen) atoms. The van der Waals surface area contributed by atoms with Gasteiger partial charge in [0, 0.05) is 5.92 Å². The summed E-state index contributed by atoms with van der Waals surface area (Å²) in [5.74, 6) is -4.75. The van der Waals surface area contributed by atoms with Crippen molar-refractivity contribution in [2.45, 2.75) is 75.7 Å². The van der Waals surface area contributed by atoms with Crippen LogP contribution in [0, 0.1) is 28.1 Å². The van der Waals surface area contributed by atoms with E-state index in [1.807, 2.05) is 20.8 Å².